The Morgan fingerprint density at radius 2 is 1.89 bits per heavy atom. The van der Waals surface area contributed by atoms with Gasteiger partial charge in [-0.1, -0.05) is 25.4 Å². The van der Waals surface area contributed by atoms with Crippen LogP contribution in [-0.4, -0.2) is 18.6 Å². The summed E-state index contributed by atoms with van der Waals surface area (Å²) in [5.74, 6) is 0.287. The van der Waals surface area contributed by atoms with E-state index in [9.17, 15) is 4.79 Å². The second-order valence-electron chi connectivity index (χ2n) is 4.79. The molecule has 0 aliphatic carbocycles. The molecule has 3 nitrogen and oxygen atoms in total. The van der Waals surface area contributed by atoms with Gasteiger partial charge in [-0.15, -0.1) is 0 Å². The number of anilines is 1. The topological polar surface area (TPSA) is 38.3 Å². The van der Waals surface area contributed by atoms with E-state index in [1.807, 2.05) is 19.1 Å². The summed E-state index contributed by atoms with van der Waals surface area (Å²) >= 11 is 5.77. The minimum absolute atomic E-state index is 0.0375. The molecule has 0 bridgehead atoms. The molecule has 1 rings (SSSR count). The maximum Gasteiger partial charge on any atom is 0.325 e. The predicted molar refractivity (Wildman–Crippen MR) is 75.0 cm³/mol. The lowest BCUT2D eigenvalue weighted by atomic mass is 10.1. The highest BCUT2D eigenvalue weighted by molar-refractivity contribution is 6.30. The summed E-state index contributed by atoms with van der Waals surface area (Å²) in [6, 6.07) is 7.20. The Bertz CT molecular complexity index is 376. The first-order chi connectivity index (χ1) is 8.47. The van der Waals surface area contributed by atoms with E-state index in [1.165, 1.54) is 0 Å². The Morgan fingerprint density at radius 3 is 2.44 bits per heavy atom. The molecular formula is C14H20ClNO2. The van der Waals surface area contributed by atoms with Gasteiger partial charge in [0.2, 0.25) is 0 Å². The van der Waals surface area contributed by atoms with Gasteiger partial charge in [0.15, 0.2) is 0 Å². The molecule has 1 N–H and O–H groups in total. The summed E-state index contributed by atoms with van der Waals surface area (Å²) < 4.78 is 5.28. The van der Waals surface area contributed by atoms with Crippen LogP contribution in [0.4, 0.5) is 5.69 Å². The molecule has 1 atom stereocenters. The van der Waals surface area contributed by atoms with E-state index in [-0.39, 0.29) is 18.6 Å². The van der Waals surface area contributed by atoms with Gasteiger partial charge in [0.1, 0.15) is 6.54 Å². The Kier molecular flexibility index (Phi) is 5.99. The average Bonchev–Trinajstić information content (AvgIpc) is 2.27. The van der Waals surface area contributed by atoms with E-state index < -0.39 is 0 Å². The van der Waals surface area contributed by atoms with E-state index in [0.717, 1.165) is 12.1 Å². The Morgan fingerprint density at radius 1 is 1.28 bits per heavy atom. The van der Waals surface area contributed by atoms with Gasteiger partial charge >= 0.3 is 5.97 Å². The van der Waals surface area contributed by atoms with Crippen molar-refractivity contribution in [3.05, 3.63) is 29.3 Å². The first-order valence-corrected chi connectivity index (χ1v) is 6.54. The maximum atomic E-state index is 11.6. The summed E-state index contributed by atoms with van der Waals surface area (Å²) in [4.78, 5) is 11.6. The average molecular weight is 270 g/mol. The van der Waals surface area contributed by atoms with Gasteiger partial charge in [-0.2, -0.15) is 0 Å². The summed E-state index contributed by atoms with van der Waals surface area (Å²) in [5.41, 5.74) is 0.855. The lowest BCUT2D eigenvalue weighted by Gasteiger charge is -2.15. The smallest absolute Gasteiger partial charge is 0.325 e. The summed E-state index contributed by atoms with van der Waals surface area (Å²) in [7, 11) is 0. The number of ether oxygens (including phenoxy) is 1. The number of carbonyl (C=O) groups excluding carboxylic acids is 1. The van der Waals surface area contributed by atoms with Crippen LogP contribution in [0.2, 0.25) is 5.02 Å². The Balaban J connectivity index is 2.30. The quantitative estimate of drug-likeness (QED) is 0.800. The standard InChI is InChI=1S/C14H20ClNO2/c1-10(2)8-11(3)18-14(17)9-16-13-6-4-12(15)5-7-13/h4-7,10-11,16H,8-9H2,1-3H3. The van der Waals surface area contributed by atoms with Crippen molar-refractivity contribution >= 4 is 23.3 Å². The number of esters is 1. The molecule has 0 aliphatic heterocycles. The van der Waals surface area contributed by atoms with Crippen LogP contribution in [0.15, 0.2) is 24.3 Å². The number of nitrogens with one attached hydrogen (secondary N) is 1. The highest BCUT2D eigenvalue weighted by atomic mass is 35.5. The number of halogens is 1. The first-order valence-electron chi connectivity index (χ1n) is 6.16. The van der Waals surface area contributed by atoms with Crippen LogP contribution < -0.4 is 5.32 Å². The van der Waals surface area contributed by atoms with Gasteiger partial charge in [0.25, 0.3) is 0 Å². The maximum absolute atomic E-state index is 11.6. The second-order valence-corrected chi connectivity index (χ2v) is 5.23. The molecule has 0 fully saturated rings. The molecule has 100 valence electrons. The van der Waals surface area contributed by atoms with Crippen molar-refractivity contribution in [2.24, 2.45) is 5.92 Å². The van der Waals surface area contributed by atoms with Crippen LogP contribution in [0, 0.1) is 5.92 Å². The zero-order valence-corrected chi connectivity index (χ0v) is 11.8. The van der Waals surface area contributed by atoms with Crippen molar-refractivity contribution in [1.29, 1.82) is 0 Å². The fourth-order valence-corrected chi connectivity index (χ4v) is 1.85. The molecule has 0 aromatic heterocycles. The second kappa shape index (κ2) is 7.27. The van der Waals surface area contributed by atoms with Gasteiger partial charge < -0.3 is 10.1 Å². The number of carbonyl (C=O) groups is 1. The summed E-state index contributed by atoms with van der Waals surface area (Å²) in [6.45, 7) is 6.30. The van der Waals surface area contributed by atoms with Gasteiger partial charge in [-0.3, -0.25) is 4.79 Å². The lowest BCUT2D eigenvalue weighted by Crippen LogP contribution is -2.22. The summed E-state index contributed by atoms with van der Waals surface area (Å²) in [6.07, 6.45) is 0.844. The number of rotatable bonds is 6. The third-order valence-corrected chi connectivity index (χ3v) is 2.67. The number of benzene rings is 1. The molecule has 0 radical (unpaired) electrons. The van der Waals surface area contributed by atoms with Gasteiger partial charge in [-0.05, 0) is 43.5 Å². The molecule has 4 heteroatoms. The van der Waals surface area contributed by atoms with Crippen LogP contribution in [0.5, 0.6) is 0 Å². The zero-order valence-electron chi connectivity index (χ0n) is 11.1. The van der Waals surface area contributed by atoms with Gasteiger partial charge in [0.05, 0.1) is 6.10 Å². The molecule has 1 unspecified atom stereocenters. The van der Waals surface area contributed by atoms with E-state index in [2.05, 4.69) is 19.2 Å². The van der Waals surface area contributed by atoms with Crippen molar-refractivity contribution in [1.82, 2.24) is 0 Å². The normalized spacial score (nSPS) is 12.3. The highest BCUT2D eigenvalue weighted by Gasteiger charge is 2.10. The summed E-state index contributed by atoms with van der Waals surface area (Å²) in [5, 5.41) is 3.67. The predicted octanol–water partition coefficient (Wildman–Crippen LogP) is 3.73. The molecule has 1 aromatic rings. The minimum Gasteiger partial charge on any atom is -0.461 e. The number of hydrogen-bond acceptors (Lipinski definition) is 3. The van der Waals surface area contributed by atoms with E-state index in [1.54, 1.807) is 12.1 Å². The highest BCUT2D eigenvalue weighted by Crippen LogP contribution is 2.13. The zero-order chi connectivity index (χ0) is 13.5. The van der Waals surface area contributed by atoms with Crippen molar-refractivity contribution in [2.75, 3.05) is 11.9 Å². The molecule has 0 amide bonds. The minimum atomic E-state index is -0.238. The van der Waals surface area contributed by atoms with E-state index in [4.69, 9.17) is 16.3 Å². The van der Waals surface area contributed by atoms with Crippen molar-refractivity contribution in [3.8, 4) is 0 Å². The van der Waals surface area contributed by atoms with Gasteiger partial charge in [-0.25, -0.2) is 0 Å². The fourth-order valence-electron chi connectivity index (χ4n) is 1.72. The Labute approximate surface area is 113 Å². The monoisotopic (exact) mass is 269 g/mol. The first kappa shape index (κ1) is 14.8. The molecule has 0 aliphatic rings. The lowest BCUT2D eigenvalue weighted by molar-refractivity contribution is -0.146. The molecular weight excluding hydrogens is 250 g/mol. The van der Waals surface area contributed by atoms with Crippen molar-refractivity contribution < 1.29 is 9.53 Å². The van der Waals surface area contributed by atoms with Crippen molar-refractivity contribution in [2.45, 2.75) is 33.3 Å². The van der Waals surface area contributed by atoms with Crippen LogP contribution in [0.25, 0.3) is 0 Å². The van der Waals surface area contributed by atoms with E-state index >= 15 is 0 Å². The third-order valence-electron chi connectivity index (χ3n) is 2.42. The largest absolute Gasteiger partial charge is 0.461 e. The fraction of sp³-hybridized carbons (Fsp3) is 0.500. The molecule has 18 heavy (non-hydrogen) atoms. The van der Waals surface area contributed by atoms with Crippen LogP contribution >= 0.6 is 11.6 Å². The van der Waals surface area contributed by atoms with Crippen molar-refractivity contribution in [3.63, 3.8) is 0 Å². The molecule has 0 spiro atoms. The molecule has 0 saturated heterocycles. The SMILES string of the molecule is CC(C)CC(C)OC(=O)CNc1ccc(Cl)cc1. The van der Waals surface area contributed by atoms with E-state index in [0.29, 0.717) is 10.9 Å². The molecule has 0 heterocycles. The molecule has 1 aromatic carbocycles. The van der Waals surface area contributed by atoms with Gasteiger partial charge in [0, 0.05) is 10.7 Å². The third kappa shape index (κ3) is 5.92. The molecule has 0 saturated carbocycles. The van der Waals surface area contributed by atoms with Crippen LogP contribution in [0.1, 0.15) is 27.2 Å². The van der Waals surface area contributed by atoms with Crippen LogP contribution in [-0.2, 0) is 9.53 Å². The Hall–Kier alpha value is -1.22. The number of hydrogen-bond donors (Lipinski definition) is 1. The van der Waals surface area contributed by atoms with Crippen LogP contribution in [0.3, 0.4) is 0 Å².